The highest BCUT2D eigenvalue weighted by Crippen LogP contribution is 2.31. The summed E-state index contributed by atoms with van der Waals surface area (Å²) in [6.45, 7) is 5.77. The minimum absolute atomic E-state index is 0.0846. The van der Waals surface area contributed by atoms with E-state index in [-0.39, 0.29) is 16.7 Å². The molecule has 0 radical (unpaired) electrons. The van der Waals surface area contributed by atoms with Gasteiger partial charge in [0.2, 0.25) is 0 Å². The van der Waals surface area contributed by atoms with Crippen molar-refractivity contribution in [3.8, 4) is 0 Å². The molecule has 2 heterocycles. The van der Waals surface area contributed by atoms with Crippen LogP contribution in [0, 0.1) is 16.0 Å². The van der Waals surface area contributed by atoms with Crippen LogP contribution in [0.4, 0.5) is 5.69 Å². The Labute approximate surface area is 129 Å². The predicted molar refractivity (Wildman–Crippen MR) is 83.5 cm³/mol. The Morgan fingerprint density at radius 2 is 2.18 bits per heavy atom. The second-order valence-electron chi connectivity index (χ2n) is 5.72. The quantitative estimate of drug-likeness (QED) is 0.488. The van der Waals surface area contributed by atoms with Crippen LogP contribution in [0.3, 0.4) is 0 Å². The van der Waals surface area contributed by atoms with Crippen LogP contribution < -0.4 is 0 Å². The third-order valence-electron chi connectivity index (χ3n) is 4.34. The monoisotopic (exact) mass is 301 g/mol. The van der Waals surface area contributed by atoms with Gasteiger partial charge in [-0.3, -0.25) is 10.1 Å². The summed E-state index contributed by atoms with van der Waals surface area (Å²) in [5.41, 5.74) is 0.885. The van der Waals surface area contributed by atoms with Gasteiger partial charge in [0.1, 0.15) is 5.84 Å². The molecule has 1 aromatic carbocycles. The van der Waals surface area contributed by atoms with Crippen molar-refractivity contribution in [2.45, 2.75) is 25.4 Å². The minimum atomic E-state index is -0.389. The number of piperidine rings is 1. The lowest BCUT2D eigenvalue weighted by molar-refractivity contribution is -0.385. The fourth-order valence-electron chi connectivity index (χ4n) is 2.96. The van der Waals surface area contributed by atoms with Crippen molar-refractivity contribution < 1.29 is 9.76 Å². The molecule has 2 aliphatic heterocycles. The Morgan fingerprint density at radius 1 is 1.41 bits per heavy atom. The molecule has 0 amide bonds. The third kappa shape index (κ3) is 2.95. The molecule has 1 atom stereocenters. The molecule has 2 aliphatic rings. The average Bonchev–Trinajstić information content (AvgIpc) is 3.05. The van der Waals surface area contributed by atoms with E-state index in [1.165, 1.54) is 6.07 Å². The number of hydrogen-bond acceptors (Lipinski definition) is 5. The number of non-ortho nitro benzene ring substituents is 1. The molecule has 116 valence electrons. The number of oxime groups is 1. The zero-order valence-corrected chi connectivity index (χ0v) is 12.4. The first-order valence-electron chi connectivity index (χ1n) is 7.52. The highest BCUT2D eigenvalue weighted by Gasteiger charge is 2.29. The summed E-state index contributed by atoms with van der Waals surface area (Å²) in [6.07, 6.45) is 4.64. The summed E-state index contributed by atoms with van der Waals surface area (Å²) in [4.78, 5) is 18.2. The lowest BCUT2D eigenvalue weighted by atomic mass is 9.96. The molecule has 6 heteroatoms. The van der Waals surface area contributed by atoms with Gasteiger partial charge in [-0.05, 0) is 18.8 Å². The first-order chi connectivity index (χ1) is 10.7. The van der Waals surface area contributed by atoms with Gasteiger partial charge in [0.25, 0.3) is 5.69 Å². The van der Waals surface area contributed by atoms with E-state index in [9.17, 15) is 10.1 Å². The molecule has 0 aliphatic carbocycles. The largest absolute Gasteiger partial charge is 0.386 e. The van der Waals surface area contributed by atoms with Gasteiger partial charge in [-0.1, -0.05) is 23.4 Å². The minimum Gasteiger partial charge on any atom is -0.386 e. The fourth-order valence-corrected chi connectivity index (χ4v) is 2.96. The number of amidine groups is 1. The van der Waals surface area contributed by atoms with Gasteiger partial charge < -0.3 is 9.74 Å². The highest BCUT2D eigenvalue weighted by molar-refractivity contribution is 5.83. The SMILES string of the molecule is C=CC1CCN(C2=NOC(c3cccc([N+](=O)[O-])c3)C2)CC1. The molecule has 1 unspecified atom stereocenters. The van der Waals surface area contributed by atoms with Crippen molar-refractivity contribution in [1.82, 2.24) is 4.90 Å². The number of hydrogen-bond donors (Lipinski definition) is 0. The molecule has 0 spiro atoms. The van der Waals surface area contributed by atoms with E-state index in [4.69, 9.17) is 4.84 Å². The number of benzene rings is 1. The number of likely N-dealkylation sites (tertiary alicyclic amines) is 1. The summed E-state index contributed by atoms with van der Waals surface area (Å²) in [7, 11) is 0. The van der Waals surface area contributed by atoms with Crippen LogP contribution >= 0.6 is 0 Å². The Balaban J connectivity index is 1.63. The van der Waals surface area contributed by atoms with Gasteiger partial charge in [-0.15, -0.1) is 6.58 Å². The van der Waals surface area contributed by atoms with Crippen molar-refractivity contribution >= 4 is 11.5 Å². The first kappa shape index (κ1) is 14.6. The normalized spacial score (nSPS) is 22.1. The van der Waals surface area contributed by atoms with Crippen molar-refractivity contribution in [3.05, 3.63) is 52.6 Å². The molecular formula is C16H19N3O3. The van der Waals surface area contributed by atoms with Crippen LogP contribution in [-0.2, 0) is 4.84 Å². The fraction of sp³-hybridized carbons (Fsp3) is 0.438. The maximum absolute atomic E-state index is 10.9. The van der Waals surface area contributed by atoms with Crippen molar-refractivity contribution in [3.63, 3.8) is 0 Å². The number of allylic oxidation sites excluding steroid dienone is 1. The molecule has 1 aromatic rings. The number of rotatable bonds is 3. The summed E-state index contributed by atoms with van der Waals surface area (Å²) < 4.78 is 0. The van der Waals surface area contributed by atoms with Gasteiger partial charge in [0.05, 0.1) is 11.3 Å². The van der Waals surface area contributed by atoms with Crippen LogP contribution in [0.2, 0.25) is 0 Å². The van der Waals surface area contributed by atoms with E-state index in [1.54, 1.807) is 12.1 Å². The zero-order valence-electron chi connectivity index (χ0n) is 12.4. The summed E-state index contributed by atoms with van der Waals surface area (Å²) >= 11 is 0. The maximum atomic E-state index is 10.9. The zero-order chi connectivity index (χ0) is 15.5. The molecule has 0 aromatic heterocycles. The van der Waals surface area contributed by atoms with Crippen LogP contribution in [0.5, 0.6) is 0 Å². The van der Waals surface area contributed by atoms with Gasteiger partial charge in [0, 0.05) is 30.8 Å². The standard InChI is InChI=1S/C16H19N3O3/c1-2-12-6-8-18(9-7-12)16-11-15(22-17-16)13-4-3-5-14(10-13)19(20)21/h2-5,10,12,15H,1,6-9,11H2. The van der Waals surface area contributed by atoms with Crippen LogP contribution in [0.25, 0.3) is 0 Å². The first-order valence-corrected chi connectivity index (χ1v) is 7.52. The third-order valence-corrected chi connectivity index (χ3v) is 4.34. The maximum Gasteiger partial charge on any atom is 0.269 e. The van der Waals surface area contributed by atoms with Crippen LogP contribution in [0.15, 0.2) is 42.1 Å². The van der Waals surface area contributed by atoms with Crippen molar-refractivity contribution in [1.29, 1.82) is 0 Å². The molecule has 22 heavy (non-hydrogen) atoms. The Hall–Kier alpha value is -2.37. The molecule has 0 N–H and O–H groups in total. The van der Waals surface area contributed by atoms with Crippen molar-refractivity contribution in [2.24, 2.45) is 11.1 Å². The van der Waals surface area contributed by atoms with E-state index in [1.807, 2.05) is 12.1 Å². The molecule has 1 saturated heterocycles. The molecule has 0 saturated carbocycles. The predicted octanol–water partition coefficient (Wildman–Crippen LogP) is 3.27. The second kappa shape index (κ2) is 6.17. The van der Waals surface area contributed by atoms with Gasteiger partial charge in [0.15, 0.2) is 6.10 Å². The lowest BCUT2D eigenvalue weighted by Gasteiger charge is -2.31. The number of nitrogens with zero attached hydrogens (tertiary/aromatic N) is 3. The lowest BCUT2D eigenvalue weighted by Crippen LogP contribution is -2.37. The van der Waals surface area contributed by atoms with E-state index in [2.05, 4.69) is 16.6 Å². The molecule has 6 nitrogen and oxygen atoms in total. The van der Waals surface area contributed by atoms with Crippen LogP contribution in [0.1, 0.15) is 30.9 Å². The molecular weight excluding hydrogens is 282 g/mol. The van der Waals surface area contributed by atoms with Gasteiger partial charge in [-0.25, -0.2) is 0 Å². The highest BCUT2D eigenvalue weighted by atomic mass is 16.6. The van der Waals surface area contributed by atoms with Crippen molar-refractivity contribution in [2.75, 3.05) is 13.1 Å². The van der Waals surface area contributed by atoms with Gasteiger partial charge >= 0.3 is 0 Å². The topological polar surface area (TPSA) is 68.0 Å². The molecule has 3 rings (SSSR count). The van der Waals surface area contributed by atoms with E-state index in [0.29, 0.717) is 12.3 Å². The second-order valence-corrected chi connectivity index (χ2v) is 5.72. The van der Waals surface area contributed by atoms with E-state index < -0.39 is 0 Å². The Morgan fingerprint density at radius 3 is 2.86 bits per heavy atom. The smallest absolute Gasteiger partial charge is 0.269 e. The number of nitro benzene ring substituents is 1. The van der Waals surface area contributed by atoms with Gasteiger partial charge in [-0.2, -0.15) is 0 Å². The average molecular weight is 301 g/mol. The summed E-state index contributed by atoms with van der Waals surface area (Å²) in [6, 6.07) is 6.58. The van der Waals surface area contributed by atoms with Crippen LogP contribution in [-0.4, -0.2) is 28.7 Å². The molecule has 0 bridgehead atoms. The molecule has 1 fully saturated rings. The Bertz CT molecular complexity index is 606. The summed E-state index contributed by atoms with van der Waals surface area (Å²) in [5, 5.41) is 15.0. The summed E-state index contributed by atoms with van der Waals surface area (Å²) in [5.74, 6) is 1.53. The Kier molecular flexibility index (Phi) is 4.09. The van der Waals surface area contributed by atoms with E-state index >= 15 is 0 Å². The number of nitro groups is 1. The van der Waals surface area contributed by atoms with E-state index in [0.717, 1.165) is 37.3 Å².